The van der Waals surface area contributed by atoms with Crippen LogP contribution in [0.5, 0.6) is 0 Å². The van der Waals surface area contributed by atoms with Crippen LogP contribution in [0.25, 0.3) is 0 Å². The van der Waals surface area contributed by atoms with Gasteiger partial charge in [0.05, 0.1) is 10.9 Å². The van der Waals surface area contributed by atoms with Gasteiger partial charge >= 0.3 is 6.18 Å². The topological polar surface area (TPSA) is 0 Å². The molecule has 0 N–H and O–H groups in total. The summed E-state index contributed by atoms with van der Waals surface area (Å²) >= 11 is 6.08. The van der Waals surface area contributed by atoms with E-state index >= 15 is 0 Å². The second-order valence-corrected chi connectivity index (χ2v) is 5.04. The van der Waals surface area contributed by atoms with Gasteiger partial charge in [0, 0.05) is 11.6 Å². The van der Waals surface area contributed by atoms with Crippen molar-refractivity contribution in [3.63, 3.8) is 0 Å². The Hall–Kier alpha value is -1.62. The highest BCUT2D eigenvalue weighted by molar-refractivity contribution is 6.22. The van der Waals surface area contributed by atoms with Gasteiger partial charge in [-0.1, -0.05) is 12.1 Å². The molecule has 0 fully saturated rings. The van der Waals surface area contributed by atoms with Crippen molar-refractivity contribution in [2.75, 3.05) is 0 Å². The molecule has 0 heterocycles. The second kappa shape index (κ2) is 5.64. The highest BCUT2D eigenvalue weighted by atomic mass is 35.5. The van der Waals surface area contributed by atoms with Crippen molar-refractivity contribution in [1.82, 2.24) is 0 Å². The fourth-order valence-electron chi connectivity index (χ4n) is 1.89. The number of rotatable bonds is 2. The van der Waals surface area contributed by atoms with E-state index in [4.69, 9.17) is 11.6 Å². The SMILES string of the molecule is Cc1cc(C(Cl)c2ccc(C(F)(F)F)cc2)c(F)cc1F. The molecule has 2 rings (SSSR count). The van der Waals surface area contributed by atoms with Crippen LogP contribution >= 0.6 is 11.6 Å². The molecule has 21 heavy (non-hydrogen) atoms. The van der Waals surface area contributed by atoms with Crippen molar-refractivity contribution in [1.29, 1.82) is 0 Å². The molecule has 0 aliphatic carbocycles. The standard InChI is InChI=1S/C15H10ClF5/c1-8-6-11(13(18)7-12(8)17)14(16)9-2-4-10(5-3-9)15(19,20)21/h2-7,14H,1H3. The zero-order chi connectivity index (χ0) is 15.8. The van der Waals surface area contributed by atoms with Crippen molar-refractivity contribution in [3.05, 3.63) is 70.3 Å². The predicted molar refractivity (Wildman–Crippen MR) is 70.2 cm³/mol. The molecule has 1 atom stereocenters. The van der Waals surface area contributed by atoms with E-state index in [0.717, 1.165) is 12.1 Å². The second-order valence-electron chi connectivity index (χ2n) is 4.61. The van der Waals surface area contributed by atoms with Crippen LogP contribution in [-0.4, -0.2) is 0 Å². The third-order valence-corrected chi connectivity index (χ3v) is 3.57. The van der Waals surface area contributed by atoms with E-state index in [1.165, 1.54) is 25.1 Å². The third kappa shape index (κ3) is 3.35. The van der Waals surface area contributed by atoms with Crippen molar-refractivity contribution < 1.29 is 22.0 Å². The van der Waals surface area contributed by atoms with Crippen molar-refractivity contribution in [2.45, 2.75) is 18.5 Å². The van der Waals surface area contributed by atoms with Crippen LogP contribution in [0.2, 0.25) is 0 Å². The molecule has 0 aliphatic rings. The lowest BCUT2D eigenvalue weighted by Gasteiger charge is -2.14. The Balaban J connectivity index is 2.36. The largest absolute Gasteiger partial charge is 0.416 e. The van der Waals surface area contributed by atoms with Gasteiger partial charge in [-0.25, -0.2) is 8.78 Å². The normalized spacial score (nSPS) is 13.3. The van der Waals surface area contributed by atoms with Crippen LogP contribution in [-0.2, 0) is 6.18 Å². The Morgan fingerprint density at radius 1 is 0.952 bits per heavy atom. The summed E-state index contributed by atoms with van der Waals surface area (Å²) in [5, 5.41) is -0.994. The van der Waals surface area contributed by atoms with Gasteiger partial charge in [-0.2, -0.15) is 13.2 Å². The van der Waals surface area contributed by atoms with Crippen LogP contribution in [0.1, 0.15) is 27.6 Å². The monoisotopic (exact) mass is 320 g/mol. The van der Waals surface area contributed by atoms with Gasteiger partial charge in [0.2, 0.25) is 0 Å². The van der Waals surface area contributed by atoms with Gasteiger partial charge < -0.3 is 0 Å². The zero-order valence-electron chi connectivity index (χ0n) is 10.8. The molecule has 0 spiro atoms. The predicted octanol–water partition coefficient (Wildman–Crippen LogP) is 5.62. The smallest absolute Gasteiger partial charge is 0.207 e. The van der Waals surface area contributed by atoms with E-state index in [1.807, 2.05) is 0 Å². The van der Waals surface area contributed by atoms with Crippen LogP contribution in [0.3, 0.4) is 0 Å². The molecule has 0 bridgehead atoms. The van der Waals surface area contributed by atoms with Gasteiger partial charge in [0.15, 0.2) is 0 Å². The number of benzene rings is 2. The summed E-state index contributed by atoms with van der Waals surface area (Å²) in [5.74, 6) is -1.54. The third-order valence-electron chi connectivity index (χ3n) is 3.08. The lowest BCUT2D eigenvalue weighted by Crippen LogP contribution is -2.05. The lowest BCUT2D eigenvalue weighted by atomic mass is 10.0. The Kier molecular flexibility index (Phi) is 4.23. The van der Waals surface area contributed by atoms with E-state index in [-0.39, 0.29) is 11.1 Å². The lowest BCUT2D eigenvalue weighted by molar-refractivity contribution is -0.137. The Morgan fingerprint density at radius 3 is 2.05 bits per heavy atom. The summed E-state index contributed by atoms with van der Waals surface area (Å²) in [6, 6.07) is 6.07. The number of hydrogen-bond donors (Lipinski definition) is 0. The van der Waals surface area contributed by atoms with Crippen LogP contribution < -0.4 is 0 Å². The van der Waals surface area contributed by atoms with E-state index in [1.54, 1.807) is 0 Å². The zero-order valence-corrected chi connectivity index (χ0v) is 11.6. The molecule has 0 nitrogen and oxygen atoms in total. The molecule has 0 saturated carbocycles. The van der Waals surface area contributed by atoms with E-state index in [0.29, 0.717) is 11.6 Å². The van der Waals surface area contributed by atoms with Crippen LogP contribution in [0, 0.1) is 18.6 Å². The molecular weight excluding hydrogens is 311 g/mol. The highest BCUT2D eigenvalue weighted by Gasteiger charge is 2.30. The average Bonchev–Trinajstić information content (AvgIpc) is 2.41. The molecule has 1 unspecified atom stereocenters. The first-order valence-corrected chi connectivity index (χ1v) is 6.40. The molecule has 0 aliphatic heterocycles. The first kappa shape index (κ1) is 15.8. The minimum atomic E-state index is -4.45. The minimum absolute atomic E-state index is 0.0234. The molecular formula is C15H10ClF5. The summed E-state index contributed by atoms with van der Waals surface area (Å²) in [4.78, 5) is 0. The average molecular weight is 321 g/mol. The van der Waals surface area contributed by atoms with Crippen molar-refractivity contribution in [3.8, 4) is 0 Å². The van der Waals surface area contributed by atoms with Crippen molar-refractivity contribution >= 4 is 11.6 Å². The molecule has 0 saturated heterocycles. The maximum Gasteiger partial charge on any atom is 0.416 e. The van der Waals surface area contributed by atoms with E-state index in [9.17, 15) is 22.0 Å². The van der Waals surface area contributed by atoms with Crippen LogP contribution in [0.4, 0.5) is 22.0 Å². The maximum atomic E-state index is 13.7. The summed E-state index contributed by atoms with van der Waals surface area (Å²) in [5.41, 5.74) is -0.278. The van der Waals surface area contributed by atoms with Gasteiger partial charge in [-0.15, -0.1) is 11.6 Å². The van der Waals surface area contributed by atoms with E-state index < -0.39 is 28.8 Å². The van der Waals surface area contributed by atoms with Gasteiger partial charge in [-0.3, -0.25) is 0 Å². The quantitative estimate of drug-likeness (QED) is 0.497. The Labute approximate surface area is 123 Å². The van der Waals surface area contributed by atoms with E-state index in [2.05, 4.69) is 0 Å². The molecule has 2 aromatic carbocycles. The fraction of sp³-hybridized carbons (Fsp3) is 0.200. The molecule has 0 amide bonds. The van der Waals surface area contributed by atoms with Crippen LogP contribution in [0.15, 0.2) is 36.4 Å². The van der Waals surface area contributed by atoms with Gasteiger partial charge in [0.1, 0.15) is 11.6 Å². The number of aryl methyl sites for hydroxylation is 1. The van der Waals surface area contributed by atoms with Gasteiger partial charge in [0.25, 0.3) is 0 Å². The Morgan fingerprint density at radius 2 is 1.52 bits per heavy atom. The minimum Gasteiger partial charge on any atom is -0.207 e. The highest BCUT2D eigenvalue weighted by Crippen LogP contribution is 2.34. The fourth-order valence-corrected chi connectivity index (χ4v) is 2.21. The van der Waals surface area contributed by atoms with Crippen molar-refractivity contribution in [2.24, 2.45) is 0 Å². The summed E-state index contributed by atoms with van der Waals surface area (Å²) in [7, 11) is 0. The first-order valence-electron chi connectivity index (χ1n) is 5.97. The molecule has 6 heteroatoms. The summed E-state index contributed by atoms with van der Waals surface area (Å²) < 4.78 is 64.3. The Bertz CT molecular complexity index is 646. The summed E-state index contributed by atoms with van der Waals surface area (Å²) in [6.07, 6.45) is -4.45. The molecule has 112 valence electrons. The summed E-state index contributed by atoms with van der Waals surface area (Å²) in [6.45, 7) is 1.45. The molecule has 0 radical (unpaired) electrons. The first-order chi connectivity index (χ1) is 9.70. The maximum absolute atomic E-state index is 13.7. The number of hydrogen-bond acceptors (Lipinski definition) is 0. The number of alkyl halides is 4. The molecule has 2 aromatic rings. The van der Waals surface area contributed by atoms with Gasteiger partial charge in [-0.05, 0) is 36.2 Å². The number of halogens is 6. The molecule has 0 aromatic heterocycles.